The smallest absolute Gasteiger partial charge is 0.272 e. The van der Waals surface area contributed by atoms with E-state index in [1.807, 2.05) is 19.9 Å². The van der Waals surface area contributed by atoms with Crippen molar-refractivity contribution in [2.24, 2.45) is 0 Å². The molecule has 2 heterocycles. The molecule has 1 aromatic heterocycles. The molecule has 1 aliphatic rings. The average Bonchev–Trinajstić information content (AvgIpc) is 2.67. The van der Waals surface area contributed by atoms with E-state index in [4.69, 9.17) is 0 Å². The van der Waals surface area contributed by atoms with Crippen LogP contribution in [0.5, 0.6) is 0 Å². The summed E-state index contributed by atoms with van der Waals surface area (Å²) in [4.78, 5) is 13.8. The van der Waals surface area contributed by atoms with Gasteiger partial charge in [-0.2, -0.15) is 5.10 Å². The number of aryl methyl sites for hydroxylation is 2. The second-order valence-corrected chi connectivity index (χ2v) is 4.85. The summed E-state index contributed by atoms with van der Waals surface area (Å²) in [5.74, 6) is -0.0365. The topological polar surface area (TPSA) is 58.4 Å². The van der Waals surface area contributed by atoms with E-state index in [0.717, 1.165) is 12.1 Å². The van der Waals surface area contributed by atoms with E-state index in [1.54, 1.807) is 16.5 Å². The lowest BCUT2D eigenvalue weighted by Crippen LogP contribution is -2.61. The van der Waals surface area contributed by atoms with Crippen molar-refractivity contribution in [1.82, 2.24) is 14.7 Å². The van der Waals surface area contributed by atoms with Gasteiger partial charge >= 0.3 is 0 Å². The van der Waals surface area contributed by atoms with Crippen LogP contribution in [0.3, 0.4) is 0 Å². The first-order valence-electron chi connectivity index (χ1n) is 6.05. The zero-order chi connectivity index (χ0) is 12.6. The number of rotatable bonds is 3. The summed E-state index contributed by atoms with van der Waals surface area (Å²) < 4.78 is 1.73. The van der Waals surface area contributed by atoms with Crippen molar-refractivity contribution in [2.45, 2.75) is 39.3 Å². The minimum atomic E-state index is -0.722. The third kappa shape index (κ3) is 2.20. The van der Waals surface area contributed by atoms with Crippen molar-refractivity contribution in [2.75, 3.05) is 13.1 Å². The van der Waals surface area contributed by atoms with Crippen LogP contribution in [0.15, 0.2) is 6.07 Å². The van der Waals surface area contributed by atoms with Gasteiger partial charge in [0.05, 0.1) is 24.4 Å². The third-order valence-corrected chi connectivity index (χ3v) is 3.06. The van der Waals surface area contributed by atoms with Gasteiger partial charge in [-0.3, -0.25) is 9.48 Å². The van der Waals surface area contributed by atoms with E-state index in [2.05, 4.69) is 5.10 Å². The molecular formula is C12H19N3O2. The Bertz CT molecular complexity index is 429. The van der Waals surface area contributed by atoms with Crippen molar-refractivity contribution < 1.29 is 9.90 Å². The predicted octanol–water partition coefficient (Wildman–Crippen LogP) is 0.672. The molecule has 0 aromatic carbocycles. The molecule has 0 radical (unpaired) electrons. The van der Waals surface area contributed by atoms with Gasteiger partial charge < -0.3 is 10.0 Å². The summed E-state index contributed by atoms with van der Waals surface area (Å²) >= 11 is 0. The first kappa shape index (κ1) is 12.1. The highest BCUT2D eigenvalue weighted by atomic mass is 16.3. The number of nitrogens with zero attached hydrogens (tertiary/aromatic N) is 3. The molecule has 17 heavy (non-hydrogen) atoms. The monoisotopic (exact) mass is 237 g/mol. The second kappa shape index (κ2) is 4.14. The molecule has 1 aromatic rings. The molecule has 2 rings (SSSR count). The Morgan fingerprint density at radius 3 is 2.65 bits per heavy atom. The zero-order valence-corrected chi connectivity index (χ0v) is 10.6. The number of aromatic nitrogens is 2. The molecule has 1 aliphatic heterocycles. The molecule has 0 spiro atoms. The van der Waals surface area contributed by atoms with Gasteiger partial charge in [0.25, 0.3) is 5.91 Å². The minimum absolute atomic E-state index is 0.0365. The molecule has 0 unspecified atom stereocenters. The second-order valence-electron chi connectivity index (χ2n) is 4.85. The lowest BCUT2D eigenvalue weighted by atomic mass is 9.96. The van der Waals surface area contributed by atoms with Crippen LogP contribution >= 0.6 is 0 Å². The molecule has 0 aliphatic carbocycles. The number of carbonyl (C=O) groups excluding carboxylic acids is 1. The number of aliphatic hydroxyl groups is 1. The summed E-state index contributed by atoms with van der Waals surface area (Å²) in [7, 11) is 0. The van der Waals surface area contributed by atoms with Crippen LogP contribution in [-0.4, -0.2) is 44.4 Å². The van der Waals surface area contributed by atoms with Crippen molar-refractivity contribution in [3.63, 3.8) is 0 Å². The molecule has 1 saturated heterocycles. The van der Waals surface area contributed by atoms with Crippen molar-refractivity contribution >= 4 is 5.91 Å². The quantitative estimate of drug-likeness (QED) is 0.840. The van der Waals surface area contributed by atoms with Crippen molar-refractivity contribution in [1.29, 1.82) is 0 Å². The summed E-state index contributed by atoms with van der Waals surface area (Å²) in [6, 6.07) is 1.85. The normalized spacial score (nSPS) is 18.0. The highest BCUT2D eigenvalue weighted by Crippen LogP contribution is 2.22. The number of likely N-dealkylation sites (tertiary alicyclic amines) is 1. The lowest BCUT2D eigenvalue weighted by molar-refractivity contribution is -0.0672. The zero-order valence-electron chi connectivity index (χ0n) is 10.6. The van der Waals surface area contributed by atoms with Crippen LogP contribution in [0.1, 0.15) is 37.0 Å². The van der Waals surface area contributed by atoms with Gasteiger partial charge in [-0.1, -0.05) is 6.92 Å². The highest BCUT2D eigenvalue weighted by Gasteiger charge is 2.40. The van der Waals surface area contributed by atoms with Gasteiger partial charge in [-0.25, -0.2) is 0 Å². The fraction of sp³-hybridized carbons (Fsp3) is 0.667. The number of hydrogen-bond donors (Lipinski definition) is 1. The molecule has 5 nitrogen and oxygen atoms in total. The SMILES string of the molecule is CCc1cc(C(=O)N2CC(C)(O)C2)n(CC)n1. The van der Waals surface area contributed by atoms with E-state index in [1.165, 1.54) is 0 Å². The number of β-amino-alcohol motifs (C(OH)–C–C–N with tert-alkyl or cyclic N) is 1. The first-order valence-corrected chi connectivity index (χ1v) is 6.05. The Kier molecular flexibility index (Phi) is 2.95. The van der Waals surface area contributed by atoms with Crippen LogP contribution in [-0.2, 0) is 13.0 Å². The predicted molar refractivity (Wildman–Crippen MR) is 63.8 cm³/mol. The molecule has 1 fully saturated rings. The number of hydrogen-bond acceptors (Lipinski definition) is 3. The summed E-state index contributed by atoms with van der Waals surface area (Å²) in [5.41, 5.74) is 0.836. The summed E-state index contributed by atoms with van der Waals surface area (Å²) in [6.07, 6.45) is 0.824. The average molecular weight is 237 g/mol. The fourth-order valence-corrected chi connectivity index (χ4v) is 2.14. The Balaban J connectivity index is 2.17. The maximum Gasteiger partial charge on any atom is 0.272 e. The third-order valence-electron chi connectivity index (χ3n) is 3.06. The van der Waals surface area contributed by atoms with Crippen LogP contribution in [0.25, 0.3) is 0 Å². The summed E-state index contributed by atoms with van der Waals surface area (Å²) in [5, 5.41) is 14.0. The lowest BCUT2D eigenvalue weighted by Gasteiger charge is -2.44. The van der Waals surface area contributed by atoms with E-state index < -0.39 is 5.60 Å². The largest absolute Gasteiger partial charge is 0.386 e. The van der Waals surface area contributed by atoms with Gasteiger partial charge in [0.1, 0.15) is 5.69 Å². The van der Waals surface area contributed by atoms with E-state index in [-0.39, 0.29) is 5.91 Å². The Labute approximate surface area is 101 Å². The van der Waals surface area contributed by atoms with Gasteiger partial charge in [-0.15, -0.1) is 0 Å². The first-order chi connectivity index (χ1) is 7.96. The van der Waals surface area contributed by atoms with E-state index >= 15 is 0 Å². The fourth-order valence-electron chi connectivity index (χ4n) is 2.14. The molecule has 0 atom stereocenters. The van der Waals surface area contributed by atoms with E-state index in [9.17, 15) is 9.90 Å². The van der Waals surface area contributed by atoms with Crippen LogP contribution in [0.2, 0.25) is 0 Å². The molecular weight excluding hydrogens is 218 g/mol. The molecule has 5 heteroatoms. The molecule has 1 N–H and O–H groups in total. The van der Waals surface area contributed by atoms with Crippen LogP contribution in [0.4, 0.5) is 0 Å². The Morgan fingerprint density at radius 1 is 1.53 bits per heavy atom. The number of amides is 1. The van der Waals surface area contributed by atoms with Gasteiger partial charge in [0.2, 0.25) is 0 Å². The van der Waals surface area contributed by atoms with E-state index in [0.29, 0.717) is 25.3 Å². The maximum atomic E-state index is 12.2. The molecule has 1 amide bonds. The summed E-state index contributed by atoms with van der Waals surface area (Å²) in [6.45, 7) is 7.22. The van der Waals surface area contributed by atoms with Gasteiger partial charge in [0, 0.05) is 6.54 Å². The van der Waals surface area contributed by atoms with Crippen LogP contribution in [0, 0.1) is 0 Å². The molecule has 0 bridgehead atoms. The Hall–Kier alpha value is -1.36. The molecule has 0 saturated carbocycles. The number of carbonyl (C=O) groups is 1. The van der Waals surface area contributed by atoms with Crippen molar-refractivity contribution in [3.8, 4) is 0 Å². The van der Waals surface area contributed by atoms with Gasteiger partial charge in [-0.05, 0) is 26.3 Å². The molecule has 94 valence electrons. The highest BCUT2D eigenvalue weighted by molar-refractivity contribution is 5.93. The van der Waals surface area contributed by atoms with Gasteiger partial charge in [0.15, 0.2) is 0 Å². The minimum Gasteiger partial charge on any atom is -0.386 e. The maximum absolute atomic E-state index is 12.2. The van der Waals surface area contributed by atoms with Crippen molar-refractivity contribution in [3.05, 3.63) is 17.5 Å². The Morgan fingerprint density at radius 2 is 2.18 bits per heavy atom. The standard InChI is InChI=1S/C12H19N3O2/c1-4-9-6-10(15(5-2)13-9)11(16)14-7-12(3,17)8-14/h6,17H,4-5,7-8H2,1-3H3. The van der Waals surface area contributed by atoms with Crippen LogP contribution < -0.4 is 0 Å².